The molecule has 138 valence electrons. The highest BCUT2D eigenvalue weighted by Crippen LogP contribution is 2.34. The number of aromatic nitrogens is 4. The van der Waals surface area contributed by atoms with Crippen molar-refractivity contribution in [1.82, 2.24) is 19.5 Å². The first-order valence-corrected chi connectivity index (χ1v) is 8.13. The van der Waals surface area contributed by atoms with E-state index in [1.54, 1.807) is 0 Å². The number of anilines is 2. The lowest BCUT2D eigenvalue weighted by molar-refractivity contribution is -0.0501. The number of nitrogen functional groups attached to an aromatic ring is 1. The molecule has 0 aliphatic carbocycles. The van der Waals surface area contributed by atoms with Crippen molar-refractivity contribution in [1.29, 1.82) is 0 Å². The predicted octanol–water partition coefficient (Wildman–Crippen LogP) is -1.83. The third-order valence-electron chi connectivity index (χ3n) is 4.19. The number of ether oxygens (including phenoxy) is 1. The van der Waals surface area contributed by atoms with Gasteiger partial charge in [-0.1, -0.05) is 0 Å². The lowest BCUT2D eigenvalue weighted by atomic mass is 10.1. The van der Waals surface area contributed by atoms with E-state index in [1.165, 1.54) is 10.9 Å². The van der Waals surface area contributed by atoms with Crippen molar-refractivity contribution in [3.05, 3.63) is 6.33 Å². The smallest absolute Gasteiger partial charge is 0.207 e. The Labute approximate surface area is 143 Å². The summed E-state index contributed by atoms with van der Waals surface area (Å²) in [6.07, 6.45) is -1.38. The van der Waals surface area contributed by atoms with Gasteiger partial charge in [-0.25, -0.2) is 15.0 Å². The molecular formula is C14H23N7O4. The van der Waals surface area contributed by atoms with Gasteiger partial charge in [-0.3, -0.25) is 4.57 Å². The van der Waals surface area contributed by atoms with E-state index in [0.29, 0.717) is 30.2 Å². The van der Waals surface area contributed by atoms with Crippen molar-refractivity contribution < 1.29 is 20.1 Å². The van der Waals surface area contributed by atoms with E-state index in [-0.39, 0.29) is 5.82 Å². The minimum atomic E-state index is -1.25. The van der Waals surface area contributed by atoms with Crippen LogP contribution < -0.4 is 16.8 Å². The average Bonchev–Trinajstić information content (AvgIpc) is 3.11. The molecule has 0 radical (unpaired) electrons. The van der Waals surface area contributed by atoms with Crippen LogP contribution in [0.5, 0.6) is 0 Å². The Hall–Kier alpha value is -2.05. The van der Waals surface area contributed by atoms with Gasteiger partial charge in [0.05, 0.1) is 6.61 Å². The molecule has 0 bridgehead atoms. The molecule has 0 spiro atoms. The molecule has 11 heteroatoms. The maximum Gasteiger partial charge on any atom is 0.207 e. The summed E-state index contributed by atoms with van der Waals surface area (Å²) in [5.74, 6) is 0.578. The summed E-state index contributed by atoms with van der Waals surface area (Å²) in [7, 11) is 0. The number of aliphatic hydroxyl groups excluding tert-OH is 3. The SMILES string of the molecule is NCCCCNc1nc2c(N)ncnc2n1[C@@H]1O[C@H](CO)[C@@H](O)[C@H]1O. The van der Waals surface area contributed by atoms with Gasteiger partial charge in [0.1, 0.15) is 24.6 Å². The quantitative estimate of drug-likeness (QED) is 0.310. The van der Waals surface area contributed by atoms with Crippen LogP contribution in [0.4, 0.5) is 11.8 Å². The Morgan fingerprint density at radius 3 is 2.72 bits per heavy atom. The summed E-state index contributed by atoms with van der Waals surface area (Å²) >= 11 is 0. The molecule has 0 amide bonds. The van der Waals surface area contributed by atoms with Crippen molar-refractivity contribution in [3.8, 4) is 0 Å². The fraction of sp³-hybridized carbons (Fsp3) is 0.643. The molecule has 8 N–H and O–H groups in total. The standard InChI is InChI=1S/C14H23N7O4/c15-3-1-2-4-17-14-20-8-11(16)18-6-19-12(8)21(14)13-10(24)9(23)7(5-22)25-13/h6-7,9-10,13,22-24H,1-5,15H2,(H,17,20)(H2,16,18,19)/t7-,9-,10-,13-/m1/s1. The van der Waals surface area contributed by atoms with E-state index in [4.69, 9.17) is 16.2 Å². The molecule has 3 rings (SSSR count). The first kappa shape index (κ1) is 17.8. The van der Waals surface area contributed by atoms with Crippen LogP contribution in [0.25, 0.3) is 11.2 Å². The molecule has 3 heterocycles. The molecule has 1 saturated heterocycles. The van der Waals surface area contributed by atoms with Crippen LogP contribution in [0, 0.1) is 0 Å². The summed E-state index contributed by atoms with van der Waals surface area (Å²) in [6.45, 7) is 0.770. The Bertz CT molecular complexity index is 725. The molecule has 2 aromatic rings. The Morgan fingerprint density at radius 1 is 1.24 bits per heavy atom. The Kier molecular flexibility index (Phi) is 5.30. The number of nitrogens with two attached hydrogens (primary N) is 2. The summed E-state index contributed by atoms with van der Waals surface area (Å²) in [5, 5.41) is 32.8. The normalized spacial score (nSPS) is 26.4. The monoisotopic (exact) mass is 353 g/mol. The molecule has 11 nitrogen and oxygen atoms in total. The third kappa shape index (κ3) is 3.24. The number of imidazole rings is 1. The van der Waals surface area contributed by atoms with Crippen molar-refractivity contribution in [2.24, 2.45) is 5.73 Å². The highest BCUT2D eigenvalue weighted by molar-refractivity contribution is 5.84. The Balaban J connectivity index is 1.98. The van der Waals surface area contributed by atoms with Crippen LogP contribution in [0.2, 0.25) is 0 Å². The number of unbranched alkanes of at least 4 members (excludes halogenated alkanes) is 1. The second-order valence-corrected chi connectivity index (χ2v) is 5.89. The number of hydrogen-bond acceptors (Lipinski definition) is 10. The predicted molar refractivity (Wildman–Crippen MR) is 89.5 cm³/mol. The summed E-state index contributed by atoms with van der Waals surface area (Å²) in [5.41, 5.74) is 12.1. The number of hydrogen-bond donors (Lipinski definition) is 6. The average molecular weight is 353 g/mol. The van der Waals surface area contributed by atoms with Crippen LogP contribution in [-0.2, 0) is 4.74 Å². The van der Waals surface area contributed by atoms with Gasteiger partial charge in [-0.05, 0) is 19.4 Å². The lowest BCUT2D eigenvalue weighted by Crippen LogP contribution is -2.33. The zero-order valence-corrected chi connectivity index (χ0v) is 13.6. The van der Waals surface area contributed by atoms with E-state index in [9.17, 15) is 15.3 Å². The number of nitrogens with one attached hydrogen (secondary N) is 1. The zero-order valence-electron chi connectivity index (χ0n) is 13.6. The van der Waals surface area contributed by atoms with Gasteiger partial charge in [0.25, 0.3) is 0 Å². The fourth-order valence-corrected chi connectivity index (χ4v) is 2.85. The van der Waals surface area contributed by atoms with E-state index in [2.05, 4.69) is 20.3 Å². The van der Waals surface area contributed by atoms with E-state index in [1.807, 2.05) is 0 Å². The van der Waals surface area contributed by atoms with Crippen molar-refractivity contribution >= 4 is 22.9 Å². The maximum atomic E-state index is 10.3. The molecule has 1 aliphatic heterocycles. The third-order valence-corrected chi connectivity index (χ3v) is 4.19. The molecule has 25 heavy (non-hydrogen) atoms. The Morgan fingerprint density at radius 2 is 2.04 bits per heavy atom. The zero-order chi connectivity index (χ0) is 18.0. The molecule has 4 atom stereocenters. The molecule has 0 aromatic carbocycles. The topological polar surface area (TPSA) is 178 Å². The van der Waals surface area contributed by atoms with Crippen LogP contribution in [0.3, 0.4) is 0 Å². The first-order chi connectivity index (χ1) is 12.1. The minimum Gasteiger partial charge on any atom is -0.394 e. The summed E-state index contributed by atoms with van der Waals surface area (Å²) in [6, 6.07) is 0. The van der Waals surface area contributed by atoms with Gasteiger partial charge >= 0.3 is 0 Å². The van der Waals surface area contributed by atoms with Gasteiger partial charge in [-0.2, -0.15) is 0 Å². The number of fused-ring (bicyclic) bond motifs is 1. The van der Waals surface area contributed by atoms with Crippen molar-refractivity contribution in [3.63, 3.8) is 0 Å². The number of rotatable bonds is 7. The first-order valence-electron chi connectivity index (χ1n) is 8.13. The summed E-state index contributed by atoms with van der Waals surface area (Å²) in [4.78, 5) is 12.5. The van der Waals surface area contributed by atoms with E-state index >= 15 is 0 Å². The second kappa shape index (κ2) is 7.45. The maximum absolute atomic E-state index is 10.3. The molecular weight excluding hydrogens is 330 g/mol. The van der Waals surface area contributed by atoms with Gasteiger partial charge in [0.2, 0.25) is 5.95 Å². The molecule has 0 unspecified atom stereocenters. The molecule has 0 saturated carbocycles. The number of aliphatic hydroxyl groups is 3. The van der Waals surface area contributed by atoms with Crippen LogP contribution >= 0.6 is 0 Å². The van der Waals surface area contributed by atoms with Crippen molar-refractivity contribution in [2.75, 3.05) is 30.7 Å². The minimum absolute atomic E-state index is 0.195. The lowest BCUT2D eigenvalue weighted by Gasteiger charge is -2.19. The van der Waals surface area contributed by atoms with Crippen LogP contribution in [-0.4, -0.2) is 72.8 Å². The largest absolute Gasteiger partial charge is 0.394 e. The van der Waals surface area contributed by atoms with Gasteiger partial charge < -0.3 is 36.8 Å². The molecule has 1 fully saturated rings. The van der Waals surface area contributed by atoms with Gasteiger partial charge in [0.15, 0.2) is 23.2 Å². The van der Waals surface area contributed by atoms with E-state index in [0.717, 1.165) is 12.8 Å². The number of nitrogens with zero attached hydrogens (tertiary/aromatic N) is 4. The summed E-state index contributed by atoms with van der Waals surface area (Å²) < 4.78 is 7.13. The van der Waals surface area contributed by atoms with Gasteiger partial charge in [0, 0.05) is 6.54 Å². The highest BCUT2D eigenvalue weighted by atomic mass is 16.6. The van der Waals surface area contributed by atoms with Gasteiger partial charge in [-0.15, -0.1) is 0 Å². The second-order valence-electron chi connectivity index (χ2n) is 5.89. The molecule has 2 aromatic heterocycles. The van der Waals surface area contributed by atoms with Crippen LogP contribution in [0.1, 0.15) is 19.1 Å². The van der Waals surface area contributed by atoms with Crippen molar-refractivity contribution in [2.45, 2.75) is 37.4 Å². The fourth-order valence-electron chi connectivity index (χ4n) is 2.85. The highest BCUT2D eigenvalue weighted by Gasteiger charge is 2.45. The van der Waals surface area contributed by atoms with E-state index < -0.39 is 31.1 Å². The molecule has 1 aliphatic rings. The van der Waals surface area contributed by atoms with Crippen LogP contribution in [0.15, 0.2) is 6.33 Å².